The van der Waals surface area contributed by atoms with Crippen LogP contribution in [-0.2, 0) is 11.2 Å². The van der Waals surface area contributed by atoms with Gasteiger partial charge in [0.15, 0.2) is 5.16 Å². The molecule has 22 heavy (non-hydrogen) atoms. The van der Waals surface area contributed by atoms with E-state index in [0.29, 0.717) is 24.8 Å². The second-order valence-corrected chi connectivity index (χ2v) is 6.21. The second kappa shape index (κ2) is 6.91. The number of nitrogens with zero attached hydrogens (tertiary/aromatic N) is 3. The number of aromatic nitrogens is 3. The largest absolute Gasteiger partial charge is 0.355 e. The molecule has 7 heteroatoms. The first-order valence-corrected chi connectivity index (χ1v) is 8.24. The fourth-order valence-electron chi connectivity index (χ4n) is 2.12. The molecule has 0 spiro atoms. The molecule has 0 atom stereocenters. The number of halogens is 1. The Kier molecular flexibility index (Phi) is 4.72. The SMILES string of the molecule is O=C(CSc1nncn1C1CC1)NCCc1ccc(F)cc1. The molecule has 2 aromatic rings. The van der Waals surface area contributed by atoms with Crippen LogP contribution in [0.2, 0.25) is 0 Å². The van der Waals surface area contributed by atoms with E-state index in [1.54, 1.807) is 18.5 Å². The summed E-state index contributed by atoms with van der Waals surface area (Å²) in [4.78, 5) is 11.8. The maximum absolute atomic E-state index is 12.8. The Morgan fingerprint density at radius 1 is 1.36 bits per heavy atom. The molecule has 116 valence electrons. The van der Waals surface area contributed by atoms with Gasteiger partial charge in [0.1, 0.15) is 12.1 Å². The number of carbonyl (C=O) groups excluding carboxylic acids is 1. The highest BCUT2D eigenvalue weighted by atomic mass is 32.2. The van der Waals surface area contributed by atoms with Crippen molar-refractivity contribution in [2.24, 2.45) is 0 Å². The average molecular weight is 320 g/mol. The molecular weight excluding hydrogens is 303 g/mol. The topological polar surface area (TPSA) is 59.8 Å². The van der Waals surface area contributed by atoms with Crippen LogP contribution in [0.3, 0.4) is 0 Å². The lowest BCUT2D eigenvalue weighted by Gasteiger charge is -2.06. The van der Waals surface area contributed by atoms with Crippen molar-refractivity contribution < 1.29 is 9.18 Å². The van der Waals surface area contributed by atoms with Gasteiger partial charge in [-0.1, -0.05) is 23.9 Å². The zero-order chi connectivity index (χ0) is 15.4. The molecule has 1 saturated carbocycles. The summed E-state index contributed by atoms with van der Waals surface area (Å²) >= 11 is 1.41. The van der Waals surface area contributed by atoms with E-state index in [9.17, 15) is 9.18 Å². The Bertz CT molecular complexity index is 639. The van der Waals surface area contributed by atoms with E-state index >= 15 is 0 Å². The van der Waals surface area contributed by atoms with Gasteiger partial charge < -0.3 is 9.88 Å². The van der Waals surface area contributed by atoms with Crippen LogP contribution in [0.4, 0.5) is 4.39 Å². The van der Waals surface area contributed by atoms with Crippen molar-refractivity contribution in [2.45, 2.75) is 30.5 Å². The first kappa shape index (κ1) is 15.0. The van der Waals surface area contributed by atoms with E-state index in [4.69, 9.17) is 0 Å². The summed E-state index contributed by atoms with van der Waals surface area (Å²) in [6, 6.07) is 6.83. The van der Waals surface area contributed by atoms with Crippen LogP contribution in [0.25, 0.3) is 0 Å². The van der Waals surface area contributed by atoms with Crippen molar-refractivity contribution in [3.8, 4) is 0 Å². The van der Waals surface area contributed by atoms with Crippen molar-refractivity contribution in [3.63, 3.8) is 0 Å². The maximum atomic E-state index is 12.8. The Labute approximate surface area is 132 Å². The quantitative estimate of drug-likeness (QED) is 0.795. The predicted octanol–water partition coefficient (Wildman–Crippen LogP) is 2.20. The fourth-order valence-corrected chi connectivity index (χ4v) is 2.93. The smallest absolute Gasteiger partial charge is 0.230 e. The lowest BCUT2D eigenvalue weighted by molar-refractivity contribution is -0.118. The van der Waals surface area contributed by atoms with Crippen LogP contribution in [0, 0.1) is 5.82 Å². The van der Waals surface area contributed by atoms with E-state index in [2.05, 4.69) is 15.5 Å². The molecule has 0 unspecified atom stereocenters. The molecule has 0 radical (unpaired) electrons. The minimum absolute atomic E-state index is 0.0301. The standard InChI is InChI=1S/C15H17FN4OS/c16-12-3-1-11(2-4-12)7-8-17-14(21)9-22-15-19-18-10-20(15)13-5-6-13/h1-4,10,13H,5-9H2,(H,17,21). The van der Waals surface area contributed by atoms with Crippen LogP contribution in [0.1, 0.15) is 24.4 Å². The number of carbonyl (C=O) groups is 1. The van der Waals surface area contributed by atoms with Gasteiger partial charge in [-0.3, -0.25) is 4.79 Å². The molecule has 1 aromatic heterocycles. The summed E-state index contributed by atoms with van der Waals surface area (Å²) in [7, 11) is 0. The molecule has 1 N–H and O–H groups in total. The lowest BCUT2D eigenvalue weighted by Crippen LogP contribution is -2.27. The number of nitrogens with one attached hydrogen (secondary N) is 1. The third-order valence-corrected chi connectivity index (χ3v) is 4.42. The maximum Gasteiger partial charge on any atom is 0.230 e. The van der Waals surface area contributed by atoms with E-state index in [1.807, 2.05) is 4.57 Å². The van der Waals surface area contributed by atoms with E-state index in [-0.39, 0.29) is 11.7 Å². The Morgan fingerprint density at radius 2 is 2.14 bits per heavy atom. The van der Waals surface area contributed by atoms with Crippen LogP contribution >= 0.6 is 11.8 Å². The van der Waals surface area contributed by atoms with Gasteiger partial charge in [0.05, 0.1) is 5.75 Å². The number of thioether (sulfide) groups is 1. The molecule has 1 amide bonds. The minimum Gasteiger partial charge on any atom is -0.355 e. The Hall–Kier alpha value is -1.89. The van der Waals surface area contributed by atoms with Crippen molar-refractivity contribution in [1.29, 1.82) is 0 Å². The predicted molar refractivity (Wildman–Crippen MR) is 82.1 cm³/mol. The third-order valence-electron chi connectivity index (χ3n) is 3.46. The average Bonchev–Trinajstić information content (AvgIpc) is 3.26. The minimum atomic E-state index is -0.246. The third kappa shape index (κ3) is 4.07. The van der Waals surface area contributed by atoms with Gasteiger partial charge in [-0.05, 0) is 37.0 Å². The van der Waals surface area contributed by atoms with Gasteiger partial charge in [-0.15, -0.1) is 10.2 Å². The van der Waals surface area contributed by atoms with Gasteiger partial charge >= 0.3 is 0 Å². The monoisotopic (exact) mass is 320 g/mol. The molecule has 1 heterocycles. The first-order chi connectivity index (χ1) is 10.7. The van der Waals surface area contributed by atoms with Crippen LogP contribution in [-0.4, -0.2) is 33.0 Å². The van der Waals surface area contributed by atoms with Crippen molar-refractivity contribution in [1.82, 2.24) is 20.1 Å². The summed E-state index contributed by atoms with van der Waals surface area (Å²) < 4.78 is 14.8. The highest BCUT2D eigenvalue weighted by Crippen LogP contribution is 2.37. The molecule has 1 aromatic carbocycles. The zero-order valence-electron chi connectivity index (χ0n) is 12.0. The molecule has 5 nitrogen and oxygen atoms in total. The van der Waals surface area contributed by atoms with Crippen LogP contribution in [0.15, 0.2) is 35.7 Å². The Balaban J connectivity index is 1.39. The number of rotatable bonds is 7. The summed E-state index contributed by atoms with van der Waals surface area (Å²) in [5.41, 5.74) is 1.00. The van der Waals surface area contributed by atoms with E-state index in [0.717, 1.165) is 23.6 Å². The van der Waals surface area contributed by atoms with E-state index < -0.39 is 0 Å². The molecule has 1 aliphatic carbocycles. The zero-order valence-corrected chi connectivity index (χ0v) is 12.9. The van der Waals surface area contributed by atoms with Crippen LogP contribution in [0.5, 0.6) is 0 Å². The molecule has 3 rings (SSSR count). The summed E-state index contributed by atoms with van der Waals surface area (Å²) in [5.74, 6) is 0.0517. The van der Waals surface area contributed by atoms with Gasteiger partial charge in [0.25, 0.3) is 0 Å². The summed E-state index contributed by atoms with van der Waals surface area (Å²) in [6.45, 7) is 0.542. The van der Waals surface area contributed by atoms with Gasteiger partial charge in [0, 0.05) is 12.6 Å². The lowest BCUT2D eigenvalue weighted by atomic mass is 10.1. The van der Waals surface area contributed by atoms with Gasteiger partial charge in [-0.25, -0.2) is 4.39 Å². The molecule has 0 aliphatic heterocycles. The summed E-state index contributed by atoms with van der Waals surface area (Å²) in [5, 5.41) is 11.6. The number of amides is 1. The fraction of sp³-hybridized carbons (Fsp3) is 0.400. The Morgan fingerprint density at radius 3 is 2.86 bits per heavy atom. The number of hydrogen-bond acceptors (Lipinski definition) is 4. The molecule has 0 saturated heterocycles. The van der Waals surface area contributed by atoms with Gasteiger partial charge in [-0.2, -0.15) is 0 Å². The molecular formula is C15H17FN4OS. The highest BCUT2D eigenvalue weighted by Gasteiger charge is 2.26. The number of hydrogen-bond donors (Lipinski definition) is 1. The summed E-state index contributed by atoms with van der Waals surface area (Å²) in [6.07, 6.45) is 4.74. The normalized spacial score (nSPS) is 14.0. The molecule has 1 aliphatic rings. The van der Waals surface area contributed by atoms with Crippen molar-refractivity contribution >= 4 is 17.7 Å². The van der Waals surface area contributed by atoms with Crippen LogP contribution < -0.4 is 5.32 Å². The van der Waals surface area contributed by atoms with E-state index in [1.165, 1.54) is 23.9 Å². The van der Waals surface area contributed by atoms with Gasteiger partial charge in [0.2, 0.25) is 5.91 Å². The van der Waals surface area contributed by atoms with Crippen molar-refractivity contribution in [3.05, 3.63) is 42.0 Å². The van der Waals surface area contributed by atoms with Crippen molar-refractivity contribution in [2.75, 3.05) is 12.3 Å². The first-order valence-electron chi connectivity index (χ1n) is 7.26. The number of benzene rings is 1. The molecule has 0 bridgehead atoms. The molecule has 1 fully saturated rings. The highest BCUT2D eigenvalue weighted by molar-refractivity contribution is 7.99. The second-order valence-electron chi connectivity index (χ2n) is 5.27.